The third-order valence-electron chi connectivity index (χ3n) is 5.47. The molecule has 1 unspecified atom stereocenters. The molecule has 1 aromatic heterocycles. The summed E-state index contributed by atoms with van der Waals surface area (Å²) in [6.07, 6.45) is 2.44. The number of halogens is 1. The van der Waals surface area contributed by atoms with E-state index in [1.54, 1.807) is 32.5 Å². The van der Waals surface area contributed by atoms with Gasteiger partial charge >= 0.3 is 0 Å². The molecule has 1 aliphatic heterocycles. The van der Waals surface area contributed by atoms with Gasteiger partial charge in [0.15, 0.2) is 0 Å². The van der Waals surface area contributed by atoms with Crippen molar-refractivity contribution in [1.29, 1.82) is 0 Å². The average molecular weight is 507 g/mol. The molecule has 0 spiro atoms. The summed E-state index contributed by atoms with van der Waals surface area (Å²) in [4.78, 5) is 4.50. The molecule has 31 heavy (non-hydrogen) atoms. The summed E-state index contributed by atoms with van der Waals surface area (Å²) in [7, 11) is -0.211. The fraction of sp³-hybridized carbons (Fsp3) is 0.318. The van der Waals surface area contributed by atoms with E-state index in [2.05, 4.69) is 39.5 Å². The SMILES string of the molecule is COc1cc(NS(C)(=O)=O)ccc1C1Oc2c(c(OC)c3cccnc3c2Br)C1(C)C. The summed E-state index contributed by atoms with van der Waals surface area (Å²) in [5.41, 5.74) is 2.44. The first kappa shape index (κ1) is 21.7. The Morgan fingerprint density at radius 1 is 1.19 bits per heavy atom. The van der Waals surface area contributed by atoms with Crippen molar-refractivity contribution in [3.8, 4) is 17.2 Å². The van der Waals surface area contributed by atoms with Crippen molar-refractivity contribution in [1.82, 2.24) is 4.98 Å². The lowest BCUT2D eigenvalue weighted by molar-refractivity contribution is 0.163. The highest BCUT2D eigenvalue weighted by Crippen LogP contribution is 2.59. The van der Waals surface area contributed by atoms with Crippen molar-refractivity contribution in [2.75, 3.05) is 25.2 Å². The fourth-order valence-corrected chi connectivity index (χ4v) is 5.34. The van der Waals surface area contributed by atoms with Crippen molar-refractivity contribution < 1.29 is 22.6 Å². The number of ether oxygens (including phenoxy) is 3. The van der Waals surface area contributed by atoms with Gasteiger partial charge in [0.25, 0.3) is 0 Å². The van der Waals surface area contributed by atoms with Crippen LogP contribution in [0.3, 0.4) is 0 Å². The summed E-state index contributed by atoms with van der Waals surface area (Å²) in [5, 5.41) is 0.896. The van der Waals surface area contributed by atoms with Crippen LogP contribution in [0.4, 0.5) is 5.69 Å². The molecule has 4 rings (SSSR count). The average Bonchev–Trinajstić information content (AvgIpc) is 2.99. The van der Waals surface area contributed by atoms with Crippen LogP contribution >= 0.6 is 15.9 Å². The van der Waals surface area contributed by atoms with E-state index in [0.29, 0.717) is 17.2 Å². The van der Waals surface area contributed by atoms with Gasteiger partial charge in [-0.1, -0.05) is 13.8 Å². The Hall–Kier alpha value is -2.52. The lowest BCUT2D eigenvalue weighted by Gasteiger charge is -2.28. The Morgan fingerprint density at radius 3 is 2.58 bits per heavy atom. The second-order valence-corrected chi connectivity index (χ2v) is 10.5. The van der Waals surface area contributed by atoms with Gasteiger partial charge in [-0.2, -0.15) is 0 Å². The quantitative estimate of drug-likeness (QED) is 0.534. The van der Waals surface area contributed by atoms with Crippen LogP contribution in [0, 0.1) is 0 Å². The highest BCUT2D eigenvalue weighted by Gasteiger charge is 2.48. The number of fused-ring (bicyclic) bond motifs is 2. The van der Waals surface area contributed by atoms with Gasteiger partial charge in [0.05, 0.1) is 36.2 Å². The molecule has 1 atom stereocenters. The Kier molecular flexibility index (Phi) is 5.29. The Labute approximate surface area is 189 Å². The predicted octanol–water partition coefficient (Wildman–Crippen LogP) is 4.80. The molecule has 0 radical (unpaired) electrons. The maximum Gasteiger partial charge on any atom is 0.229 e. The molecule has 1 N–H and O–H groups in total. The number of nitrogens with one attached hydrogen (secondary N) is 1. The standard InChI is InChI=1S/C22H23BrN2O5S/c1-22(2)16-19(29-4)14-7-6-10-24-18(14)17(23)20(16)30-21(22)13-9-8-12(11-15(13)28-3)25-31(5,26)27/h6-11,21,25H,1-5H3. The van der Waals surface area contributed by atoms with Gasteiger partial charge in [-0.3, -0.25) is 9.71 Å². The van der Waals surface area contributed by atoms with E-state index in [1.807, 2.05) is 18.2 Å². The summed E-state index contributed by atoms with van der Waals surface area (Å²) in [5.74, 6) is 1.93. The predicted molar refractivity (Wildman–Crippen MR) is 124 cm³/mol. The Balaban J connectivity index is 1.88. The van der Waals surface area contributed by atoms with Gasteiger partial charge in [0, 0.05) is 34.2 Å². The third kappa shape index (κ3) is 3.59. The summed E-state index contributed by atoms with van der Waals surface area (Å²) >= 11 is 3.68. The minimum atomic E-state index is -3.40. The van der Waals surface area contributed by atoms with Crippen LogP contribution in [0.25, 0.3) is 10.9 Å². The largest absolute Gasteiger partial charge is 0.496 e. The lowest BCUT2D eigenvalue weighted by atomic mass is 9.77. The van der Waals surface area contributed by atoms with E-state index in [9.17, 15) is 8.42 Å². The van der Waals surface area contributed by atoms with Crippen LogP contribution in [0.15, 0.2) is 41.0 Å². The number of sulfonamides is 1. The van der Waals surface area contributed by atoms with Crippen LogP contribution in [0.5, 0.6) is 17.2 Å². The molecule has 9 heteroatoms. The van der Waals surface area contributed by atoms with E-state index in [1.165, 1.54) is 0 Å². The Morgan fingerprint density at radius 2 is 1.94 bits per heavy atom. The number of nitrogens with zero attached hydrogens (tertiary/aromatic N) is 1. The summed E-state index contributed by atoms with van der Waals surface area (Å²) in [6.45, 7) is 4.17. The van der Waals surface area contributed by atoms with Crippen molar-refractivity contribution >= 4 is 42.5 Å². The normalized spacial score (nSPS) is 17.2. The molecule has 0 fully saturated rings. The molecule has 164 valence electrons. The summed E-state index contributed by atoms with van der Waals surface area (Å²) < 4.78 is 44.4. The van der Waals surface area contributed by atoms with Crippen LogP contribution in [0.2, 0.25) is 0 Å². The Bertz CT molecular complexity index is 1290. The maximum absolute atomic E-state index is 11.6. The summed E-state index contributed by atoms with van der Waals surface area (Å²) in [6, 6.07) is 9.03. The number of hydrogen-bond acceptors (Lipinski definition) is 6. The van der Waals surface area contributed by atoms with Crippen molar-refractivity contribution in [2.24, 2.45) is 0 Å². The minimum absolute atomic E-state index is 0.397. The zero-order valence-corrected chi connectivity index (χ0v) is 20.2. The maximum atomic E-state index is 11.6. The number of benzene rings is 2. The zero-order valence-electron chi connectivity index (χ0n) is 17.8. The van der Waals surface area contributed by atoms with Crippen LogP contribution in [0.1, 0.15) is 31.1 Å². The van der Waals surface area contributed by atoms with Gasteiger partial charge in [-0.25, -0.2) is 8.42 Å². The van der Waals surface area contributed by atoms with Crippen molar-refractivity contribution in [3.63, 3.8) is 0 Å². The van der Waals surface area contributed by atoms with E-state index in [-0.39, 0.29) is 0 Å². The first-order valence-electron chi connectivity index (χ1n) is 9.55. The van der Waals surface area contributed by atoms with Gasteiger partial charge < -0.3 is 14.2 Å². The smallest absolute Gasteiger partial charge is 0.229 e. The molecule has 0 saturated carbocycles. The topological polar surface area (TPSA) is 86.8 Å². The molecule has 1 aliphatic rings. The highest BCUT2D eigenvalue weighted by molar-refractivity contribution is 9.10. The zero-order chi connectivity index (χ0) is 22.6. The molecule has 0 amide bonds. The first-order valence-corrected chi connectivity index (χ1v) is 12.2. The molecule has 2 heterocycles. The van der Waals surface area contributed by atoms with Crippen LogP contribution < -0.4 is 18.9 Å². The monoisotopic (exact) mass is 506 g/mol. The number of anilines is 1. The minimum Gasteiger partial charge on any atom is -0.496 e. The van der Waals surface area contributed by atoms with Gasteiger partial charge in [0.2, 0.25) is 10.0 Å². The second kappa shape index (κ2) is 7.56. The van der Waals surface area contributed by atoms with Crippen molar-refractivity contribution in [2.45, 2.75) is 25.4 Å². The van der Waals surface area contributed by atoms with Gasteiger partial charge in [0.1, 0.15) is 23.4 Å². The number of hydrogen-bond donors (Lipinski definition) is 1. The second-order valence-electron chi connectivity index (χ2n) is 8.00. The fourth-order valence-electron chi connectivity index (χ4n) is 4.18. The lowest BCUT2D eigenvalue weighted by Crippen LogP contribution is -2.25. The molecular formula is C22H23BrN2O5S. The molecule has 0 aliphatic carbocycles. The number of rotatable bonds is 5. The molecule has 7 nitrogen and oxygen atoms in total. The van der Waals surface area contributed by atoms with Gasteiger partial charge in [-0.05, 0) is 40.2 Å². The molecule has 0 saturated heterocycles. The van der Waals surface area contributed by atoms with Gasteiger partial charge in [-0.15, -0.1) is 0 Å². The number of aromatic nitrogens is 1. The van der Waals surface area contributed by atoms with E-state index >= 15 is 0 Å². The molecular weight excluding hydrogens is 484 g/mol. The van der Waals surface area contributed by atoms with E-state index < -0.39 is 21.5 Å². The molecule has 2 aromatic carbocycles. The number of methoxy groups -OCH3 is 2. The first-order chi connectivity index (χ1) is 14.6. The molecule has 3 aromatic rings. The van der Waals surface area contributed by atoms with E-state index in [0.717, 1.165) is 38.5 Å². The van der Waals surface area contributed by atoms with Crippen molar-refractivity contribution in [3.05, 3.63) is 52.1 Å². The molecule has 0 bridgehead atoms. The third-order valence-corrected chi connectivity index (χ3v) is 6.81. The highest BCUT2D eigenvalue weighted by atomic mass is 79.9. The van der Waals surface area contributed by atoms with Crippen LogP contribution in [-0.4, -0.2) is 33.9 Å². The number of pyridine rings is 1. The van der Waals surface area contributed by atoms with E-state index in [4.69, 9.17) is 14.2 Å². The van der Waals surface area contributed by atoms with Crippen LogP contribution in [-0.2, 0) is 15.4 Å².